The van der Waals surface area contributed by atoms with E-state index in [0.717, 1.165) is 25.0 Å². The molecule has 0 aliphatic heterocycles. The lowest BCUT2D eigenvalue weighted by molar-refractivity contribution is 0.410. The SMILES string of the molecule is CCSC1CCCC1NS(=O)(=O)c1ccc(CN)o1. The Morgan fingerprint density at radius 3 is 2.89 bits per heavy atom. The van der Waals surface area contributed by atoms with Crippen LogP contribution in [0, 0.1) is 0 Å². The second-order valence-corrected chi connectivity index (χ2v) is 7.74. The second-order valence-electron chi connectivity index (χ2n) is 4.58. The third-order valence-corrected chi connectivity index (χ3v) is 5.93. The molecule has 1 aromatic heterocycles. The van der Waals surface area contributed by atoms with Gasteiger partial charge in [-0.1, -0.05) is 13.3 Å². The molecule has 1 saturated carbocycles. The van der Waals surface area contributed by atoms with Crippen LogP contribution in [0.2, 0.25) is 0 Å². The summed E-state index contributed by atoms with van der Waals surface area (Å²) in [6, 6.07) is 3.06. The molecular weight excluding hydrogens is 284 g/mol. The van der Waals surface area contributed by atoms with Crippen LogP contribution >= 0.6 is 11.8 Å². The Balaban J connectivity index is 2.08. The largest absolute Gasteiger partial charge is 0.447 e. The summed E-state index contributed by atoms with van der Waals surface area (Å²) in [5.74, 6) is 1.48. The van der Waals surface area contributed by atoms with Gasteiger partial charge in [-0.05, 0) is 30.7 Å². The standard InChI is InChI=1S/C12H20N2O3S2/c1-2-18-11-5-3-4-10(11)14-19(15,16)12-7-6-9(8-13)17-12/h6-7,10-11,14H,2-5,8,13H2,1H3. The molecule has 2 rings (SSSR count). The normalized spacial score (nSPS) is 23.9. The summed E-state index contributed by atoms with van der Waals surface area (Å²) < 4.78 is 32.4. The van der Waals surface area contributed by atoms with Crippen molar-refractivity contribution in [2.45, 2.75) is 49.1 Å². The van der Waals surface area contributed by atoms with Gasteiger partial charge in [0.1, 0.15) is 5.76 Å². The average Bonchev–Trinajstić information content (AvgIpc) is 2.99. The molecule has 1 aliphatic carbocycles. The molecule has 0 amide bonds. The van der Waals surface area contributed by atoms with Gasteiger partial charge in [-0.3, -0.25) is 0 Å². The summed E-state index contributed by atoms with van der Waals surface area (Å²) in [7, 11) is -3.57. The number of rotatable bonds is 6. The van der Waals surface area contributed by atoms with E-state index in [9.17, 15) is 8.42 Å². The van der Waals surface area contributed by atoms with Gasteiger partial charge in [0.15, 0.2) is 0 Å². The average molecular weight is 304 g/mol. The monoisotopic (exact) mass is 304 g/mol. The summed E-state index contributed by atoms with van der Waals surface area (Å²) >= 11 is 1.82. The van der Waals surface area contributed by atoms with E-state index in [1.165, 1.54) is 6.07 Å². The minimum atomic E-state index is -3.57. The smallest absolute Gasteiger partial charge is 0.274 e. The van der Waals surface area contributed by atoms with E-state index in [4.69, 9.17) is 10.2 Å². The van der Waals surface area contributed by atoms with Crippen molar-refractivity contribution in [3.8, 4) is 0 Å². The molecule has 1 aliphatic rings. The zero-order chi connectivity index (χ0) is 13.9. The van der Waals surface area contributed by atoms with Gasteiger partial charge < -0.3 is 10.2 Å². The van der Waals surface area contributed by atoms with Gasteiger partial charge in [0.05, 0.1) is 6.54 Å². The number of hydrogen-bond acceptors (Lipinski definition) is 5. The lowest BCUT2D eigenvalue weighted by Crippen LogP contribution is -2.38. The summed E-state index contributed by atoms with van der Waals surface area (Å²) in [6.07, 6.45) is 3.02. The van der Waals surface area contributed by atoms with Gasteiger partial charge in [-0.15, -0.1) is 0 Å². The molecule has 1 heterocycles. The van der Waals surface area contributed by atoms with Crippen molar-refractivity contribution in [3.63, 3.8) is 0 Å². The molecule has 3 N–H and O–H groups in total. The minimum Gasteiger partial charge on any atom is -0.447 e. The number of furan rings is 1. The molecule has 7 heteroatoms. The van der Waals surface area contributed by atoms with Crippen molar-refractivity contribution < 1.29 is 12.8 Å². The molecule has 0 spiro atoms. The van der Waals surface area contributed by atoms with Gasteiger partial charge in [0, 0.05) is 11.3 Å². The maximum atomic E-state index is 12.2. The lowest BCUT2D eigenvalue weighted by Gasteiger charge is -2.19. The van der Waals surface area contributed by atoms with Crippen LogP contribution in [0.5, 0.6) is 0 Å². The molecule has 1 aromatic rings. The predicted octanol–water partition coefficient (Wildman–Crippen LogP) is 1.69. The Kier molecular flexibility index (Phi) is 4.94. The van der Waals surface area contributed by atoms with Crippen LogP contribution in [0.3, 0.4) is 0 Å². The number of sulfonamides is 1. The van der Waals surface area contributed by atoms with Crippen molar-refractivity contribution in [1.82, 2.24) is 4.72 Å². The Hall–Kier alpha value is -0.500. The number of nitrogens with two attached hydrogens (primary N) is 1. The van der Waals surface area contributed by atoms with E-state index >= 15 is 0 Å². The van der Waals surface area contributed by atoms with Crippen LogP contribution in [0.4, 0.5) is 0 Å². The molecule has 0 bridgehead atoms. The molecule has 108 valence electrons. The highest BCUT2D eigenvalue weighted by molar-refractivity contribution is 8.00. The third-order valence-electron chi connectivity index (χ3n) is 3.24. The van der Waals surface area contributed by atoms with Crippen LogP contribution in [0.15, 0.2) is 21.6 Å². The summed E-state index contributed by atoms with van der Waals surface area (Å²) in [5, 5.41) is 0.323. The number of hydrogen-bond donors (Lipinski definition) is 2. The molecule has 0 saturated heterocycles. The minimum absolute atomic E-state index is 0.00127. The van der Waals surface area contributed by atoms with Gasteiger partial charge in [-0.25, -0.2) is 13.1 Å². The van der Waals surface area contributed by atoms with E-state index < -0.39 is 10.0 Å². The topological polar surface area (TPSA) is 85.3 Å². The maximum Gasteiger partial charge on any atom is 0.274 e. The van der Waals surface area contributed by atoms with Gasteiger partial charge >= 0.3 is 0 Å². The van der Waals surface area contributed by atoms with E-state index in [2.05, 4.69) is 11.6 Å². The van der Waals surface area contributed by atoms with Gasteiger partial charge in [0.2, 0.25) is 5.09 Å². The van der Waals surface area contributed by atoms with E-state index in [-0.39, 0.29) is 17.7 Å². The highest BCUT2D eigenvalue weighted by Gasteiger charge is 2.32. The highest BCUT2D eigenvalue weighted by Crippen LogP contribution is 2.31. The first-order valence-corrected chi connectivity index (χ1v) is 9.02. The molecule has 0 aromatic carbocycles. The Morgan fingerprint density at radius 2 is 2.26 bits per heavy atom. The lowest BCUT2D eigenvalue weighted by atomic mass is 10.3. The van der Waals surface area contributed by atoms with Crippen molar-refractivity contribution in [3.05, 3.63) is 17.9 Å². The zero-order valence-corrected chi connectivity index (χ0v) is 12.6. The Morgan fingerprint density at radius 1 is 1.47 bits per heavy atom. The molecule has 1 fully saturated rings. The molecule has 0 radical (unpaired) electrons. The summed E-state index contributed by atoms with van der Waals surface area (Å²) in [5.41, 5.74) is 5.42. The van der Waals surface area contributed by atoms with Crippen molar-refractivity contribution >= 4 is 21.8 Å². The third kappa shape index (κ3) is 3.53. The van der Waals surface area contributed by atoms with Crippen LogP contribution in [0.1, 0.15) is 31.9 Å². The fourth-order valence-electron chi connectivity index (χ4n) is 2.34. The van der Waals surface area contributed by atoms with Gasteiger partial charge in [0.25, 0.3) is 10.0 Å². The molecule has 2 atom stereocenters. The molecule has 5 nitrogen and oxygen atoms in total. The van der Waals surface area contributed by atoms with E-state index in [0.29, 0.717) is 11.0 Å². The number of nitrogens with one attached hydrogen (secondary N) is 1. The van der Waals surface area contributed by atoms with Crippen molar-refractivity contribution in [2.24, 2.45) is 5.73 Å². The second kappa shape index (κ2) is 6.30. The van der Waals surface area contributed by atoms with Crippen molar-refractivity contribution in [1.29, 1.82) is 0 Å². The fraction of sp³-hybridized carbons (Fsp3) is 0.667. The van der Waals surface area contributed by atoms with Crippen LogP contribution in [-0.2, 0) is 16.6 Å². The highest BCUT2D eigenvalue weighted by atomic mass is 32.2. The Labute approximate surface area is 118 Å². The first kappa shape index (κ1) is 14.9. The number of thioether (sulfide) groups is 1. The van der Waals surface area contributed by atoms with E-state index in [1.807, 2.05) is 11.8 Å². The van der Waals surface area contributed by atoms with E-state index in [1.54, 1.807) is 6.07 Å². The first-order chi connectivity index (χ1) is 9.06. The Bertz CT molecular complexity index is 513. The molecule has 19 heavy (non-hydrogen) atoms. The van der Waals surface area contributed by atoms with Gasteiger partial charge in [-0.2, -0.15) is 11.8 Å². The molecular formula is C12H20N2O3S2. The van der Waals surface area contributed by atoms with Crippen LogP contribution in [0.25, 0.3) is 0 Å². The predicted molar refractivity (Wildman–Crippen MR) is 76.5 cm³/mol. The summed E-state index contributed by atoms with van der Waals surface area (Å²) in [6.45, 7) is 2.29. The van der Waals surface area contributed by atoms with Crippen molar-refractivity contribution in [2.75, 3.05) is 5.75 Å². The summed E-state index contributed by atoms with van der Waals surface area (Å²) in [4.78, 5) is 0. The van der Waals surface area contributed by atoms with Crippen LogP contribution < -0.4 is 10.5 Å². The van der Waals surface area contributed by atoms with Crippen LogP contribution in [-0.4, -0.2) is 25.5 Å². The maximum absolute atomic E-state index is 12.2. The quantitative estimate of drug-likeness (QED) is 0.835. The fourth-order valence-corrected chi connectivity index (χ4v) is 4.89. The molecule has 2 unspecified atom stereocenters. The zero-order valence-electron chi connectivity index (χ0n) is 11.0. The first-order valence-electron chi connectivity index (χ1n) is 6.49.